The highest BCUT2D eigenvalue weighted by Crippen LogP contribution is 2.30. The number of ether oxygens (including phenoxy) is 7. The zero-order chi connectivity index (χ0) is 30.5. The largest absolute Gasteiger partial charge is 0.514 e. The Bertz CT molecular complexity index is 989. The van der Waals surface area contributed by atoms with Crippen molar-refractivity contribution in [1.29, 1.82) is 0 Å². The second-order valence-electron chi connectivity index (χ2n) is 10.6. The van der Waals surface area contributed by atoms with Gasteiger partial charge in [-0.25, -0.2) is 14.4 Å². The number of nitrogens with two attached hydrogens (primary N) is 1. The molecule has 0 saturated carbocycles. The Morgan fingerprint density at radius 1 is 0.775 bits per heavy atom. The first kappa shape index (κ1) is 34.5. The van der Waals surface area contributed by atoms with Crippen LogP contribution in [0.25, 0.3) is 0 Å². The summed E-state index contributed by atoms with van der Waals surface area (Å²) in [6.45, 7) is 14.3. The average Bonchev–Trinajstić information content (AvgIpc) is 2.86. The van der Waals surface area contributed by atoms with E-state index < -0.39 is 42.7 Å². The van der Waals surface area contributed by atoms with Crippen molar-refractivity contribution in [3.05, 3.63) is 23.8 Å². The fourth-order valence-electron chi connectivity index (χ4n) is 2.72. The summed E-state index contributed by atoms with van der Waals surface area (Å²) in [5.41, 5.74) is 6.27. The molecule has 226 valence electrons. The van der Waals surface area contributed by atoms with Crippen molar-refractivity contribution in [3.63, 3.8) is 0 Å². The maximum Gasteiger partial charge on any atom is 0.514 e. The number of hydrogen-bond acceptors (Lipinski definition) is 12. The van der Waals surface area contributed by atoms with Gasteiger partial charge in [0.15, 0.2) is 11.5 Å². The van der Waals surface area contributed by atoms with Crippen LogP contribution in [-0.2, 0) is 34.9 Å². The van der Waals surface area contributed by atoms with E-state index in [1.165, 1.54) is 12.1 Å². The number of carbonyl (C=O) groups is 4. The van der Waals surface area contributed by atoms with E-state index in [0.717, 1.165) is 0 Å². The van der Waals surface area contributed by atoms with Crippen LogP contribution in [0.15, 0.2) is 18.2 Å². The van der Waals surface area contributed by atoms with Gasteiger partial charge in [-0.15, -0.1) is 0 Å². The lowest BCUT2D eigenvalue weighted by Gasteiger charge is -2.19. The molecule has 2 N–H and O–H groups in total. The van der Waals surface area contributed by atoms with E-state index in [-0.39, 0.29) is 42.7 Å². The van der Waals surface area contributed by atoms with Gasteiger partial charge in [-0.3, -0.25) is 4.79 Å². The fourth-order valence-corrected chi connectivity index (χ4v) is 2.72. The first-order valence-electron chi connectivity index (χ1n) is 13.3. The Kier molecular flexibility index (Phi) is 14.3. The predicted molar refractivity (Wildman–Crippen MR) is 144 cm³/mol. The van der Waals surface area contributed by atoms with Crippen LogP contribution in [0.4, 0.5) is 14.4 Å². The van der Waals surface area contributed by atoms with E-state index in [1.54, 1.807) is 26.8 Å². The van der Waals surface area contributed by atoms with E-state index in [0.29, 0.717) is 18.4 Å². The SMILES string of the molecule is CCC(C)OC(=O)Oc1ccc(C[C@H](N)C(=O)OC[C@H](C)OC(=O)OCC(C)(C)C)cc1OC(=O)OC(C)CC. The Morgan fingerprint density at radius 2 is 1.30 bits per heavy atom. The first-order valence-corrected chi connectivity index (χ1v) is 13.3. The molecule has 0 aliphatic rings. The van der Waals surface area contributed by atoms with Crippen LogP contribution in [0.2, 0.25) is 0 Å². The Labute approximate surface area is 235 Å². The molecule has 1 aromatic carbocycles. The molecule has 1 rings (SSSR count). The van der Waals surface area contributed by atoms with Crippen molar-refractivity contribution in [2.24, 2.45) is 11.1 Å². The highest BCUT2D eigenvalue weighted by Gasteiger charge is 2.23. The van der Waals surface area contributed by atoms with Crippen molar-refractivity contribution >= 4 is 24.4 Å². The maximum absolute atomic E-state index is 12.4. The van der Waals surface area contributed by atoms with Gasteiger partial charge in [-0.1, -0.05) is 40.7 Å². The third-order valence-electron chi connectivity index (χ3n) is 5.28. The first-order chi connectivity index (χ1) is 18.6. The average molecular weight is 570 g/mol. The van der Waals surface area contributed by atoms with Crippen molar-refractivity contribution in [1.82, 2.24) is 0 Å². The molecule has 12 heteroatoms. The molecule has 0 aliphatic heterocycles. The topological polar surface area (TPSA) is 159 Å². The van der Waals surface area contributed by atoms with E-state index in [9.17, 15) is 19.2 Å². The van der Waals surface area contributed by atoms with E-state index in [1.807, 2.05) is 34.6 Å². The van der Waals surface area contributed by atoms with Gasteiger partial charge in [0.1, 0.15) is 31.0 Å². The van der Waals surface area contributed by atoms with Crippen LogP contribution in [0.5, 0.6) is 11.5 Å². The molecule has 0 saturated heterocycles. The molecule has 0 aliphatic carbocycles. The molecule has 40 heavy (non-hydrogen) atoms. The molecule has 12 nitrogen and oxygen atoms in total. The summed E-state index contributed by atoms with van der Waals surface area (Å²) in [5.74, 6) is -0.948. The minimum Gasteiger partial charge on any atom is -0.461 e. The number of benzene rings is 1. The van der Waals surface area contributed by atoms with E-state index in [2.05, 4.69) is 0 Å². The summed E-state index contributed by atoms with van der Waals surface area (Å²) in [4.78, 5) is 48.6. The minimum atomic E-state index is -1.10. The Morgan fingerprint density at radius 3 is 1.82 bits per heavy atom. The maximum atomic E-state index is 12.4. The smallest absolute Gasteiger partial charge is 0.461 e. The Hall–Kier alpha value is -3.54. The van der Waals surface area contributed by atoms with Crippen LogP contribution < -0.4 is 15.2 Å². The molecule has 0 bridgehead atoms. The molecule has 4 atom stereocenters. The molecule has 1 aromatic rings. The highest BCUT2D eigenvalue weighted by molar-refractivity contribution is 5.76. The van der Waals surface area contributed by atoms with Crippen LogP contribution in [0.1, 0.15) is 73.8 Å². The van der Waals surface area contributed by atoms with Gasteiger partial charge < -0.3 is 38.9 Å². The van der Waals surface area contributed by atoms with Crippen LogP contribution in [0.3, 0.4) is 0 Å². The summed E-state index contributed by atoms with van der Waals surface area (Å²) in [7, 11) is 0. The van der Waals surface area contributed by atoms with Crippen molar-refractivity contribution in [2.75, 3.05) is 13.2 Å². The molecule has 0 radical (unpaired) electrons. The minimum absolute atomic E-state index is 0.00391. The third kappa shape index (κ3) is 14.0. The van der Waals surface area contributed by atoms with E-state index in [4.69, 9.17) is 38.9 Å². The Balaban J connectivity index is 2.83. The standard InChI is InChI=1S/C28H43NO11/c1-9-17(3)36-26(32)39-22-12-11-20(14-23(22)40-27(33)37-18(4)10-2)13-21(29)24(30)34-15-19(5)38-25(31)35-16-28(6,7)8/h11-12,14,17-19,21H,9-10,13,15-16,29H2,1-8H3/t17?,18?,19-,21-/m0/s1. The molecule has 0 fully saturated rings. The summed E-state index contributed by atoms with van der Waals surface area (Å²) < 4.78 is 36.0. The van der Waals surface area contributed by atoms with Gasteiger partial charge in [0.25, 0.3) is 0 Å². The molecule has 2 unspecified atom stereocenters. The lowest BCUT2D eigenvalue weighted by atomic mass is 9.99. The normalized spacial score (nSPS) is 14.1. The molecule has 0 spiro atoms. The summed E-state index contributed by atoms with van der Waals surface area (Å²) in [6.07, 6.45) is -3.22. The van der Waals surface area contributed by atoms with Gasteiger partial charge in [0.05, 0.1) is 6.61 Å². The fraction of sp³-hybridized carbons (Fsp3) is 0.643. The molecule has 0 heterocycles. The molecular formula is C28H43NO11. The second kappa shape index (κ2) is 16.5. The van der Waals surface area contributed by atoms with Crippen molar-refractivity contribution in [3.8, 4) is 11.5 Å². The van der Waals surface area contributed by atoms with Gasteiger partial charge >= 0.3 is 24.4 Å². The zero-order valence-electron chi connectivity index (χ0n) is 24.6. The van der Waals surface area contributed by atoms with Gasteiger partial charge in [0.2, 0.25) is 0 Å². The van der Waals surface area contributed by atoms with Gasteiger partial charge in [-0.05, 0) is 63.1 Å². The number of rotatable bonds is 13. The lowest BCUT2D eigenvalue weighted by Crippen LogP contribution is -2.36. The quantitative estimate of drug-likeness (QED) is 0.185. The third-order valence-corrected chi connectivity index (χ3v) is 5.28. The summed E-state index contributed by atoms with van der Waals surface area (Å²) in [6, 6.07) is 3.23. The summed E-state index contributed by atoms with van der Waals surface area (Å²) in [5, 5.41) is 0. The number of hydrogen-bond donors (Lipinski definition) is 1. The van der Waals surface area contributed by atoms with E-state index >= 15 is 0 Å². The molecule has 0 amide bonds. The number of esters is 1. The molecular weight excluding hydrogens is 526 g/mol. The van der Waals surface area contributed by atoms with Crippen LogP contribution in [0, 0.1) is 5.41 Å². The zero-order valence-corrected chi connectivity index (χ0v) is 24.6. The highest BCUT2D eigenvalue weighted by atomic mass is 16.8. The predicted octanol–water partition coefficient (Wildman–Crippen LogP) is 5.32. The van der Waals surface area contributed by atoms with Crippen LogP contribution in [-0.4, -0.2) is 62.0 Å². The van der Waals surface area contributed by atoms with Crippen LogP contribution >= 0.6 is 0 Å². The summed E-state index contributed by atoms with van der Waals surface area (Å²) >= 11 is 0. The van der Waals surface area contributed by atoms with Crippen molar-refractivity contribution < 1.29 is 52.3 Å². The van der Waals surface area contributed by atoms with Gasteiger partial charge in [0, 0.05) is 0 Å². The number of carbonyl (C=O) groups excluding carboxylic acids is 4. The van der Waals surface area contributed by atoms with Gasteiger partial charge in [-0.2, -0.15) is 0 Å². The lowest BCUT2D eigenvalue weighted by molar-refractivity contribution is -0.148. The second-order valence-corrected chi connectivity index (χ2v) is 10.6. The monoisotopic (exact) mass is 569 g/mol. The molecule has 0 aromatic heterocycles. The van der Waals surface area contributed by atoms with Crippen molar-refractivity contribution in [2.45, 2.75) is 99.0 Å².